The average Bonchev–Trinajstić information content (AvgIpc) is 2.68. The van der Waals surface area contributed by atoms with Gasteiger partial charge in [0.05, 0.1) is 9.92 Å². The van der Waals surface area contributed by atoms with Gasteiger partial charge >= 0.3 is 0 Å². The SMILES string of the molecule is Cc1ccc(NS(=O)(=O)c2ccc(OCC(=O)Nc3cc(C)cc(C)c3)c(Cl)c2)cc1. The summed E-state index contributed by atoms with van der Waals surface area (Å²) in [6.07, 6.45) is 0. The van der Waals surface area contributed by atoms with E-state index < -0.39 is 10.0 Å². The van der Waals surface area contributed by atoms with E-state index in [1.54, 1.807) is 12.1 Å². The Hall–Kier alpha value is -3.03. The van der Waals surface area contributed by atoms with Crippen molar-refractivity contribution in [1.29, 1.82) is 0 Å². The molecule has 0 saturated heterocycles. The van der Waals surface area contributed by atoms with Gasteiger partial charge in [0.2, 0.25) is 0 Å². The number of ether oxygens (including phenoxy) is 1. The van der Waals surface area contributed by atoms with Gasteiger partial charge in [0.25, 0.3) is 15.9 Å². The van der Waals surface area contributed by atoms with Crippen LogP contribution >= 0.6 is 11.6 Å². The maximum atomic E-state index is 12.6. The van der Waals surface area contributed by atoms with Crippen LogP contribution in [0.25, 0.3) is 0 Å². The van der Waals surface area contributed by atoms with Crippen LogP contribution in [-0.4, -0.2) is 20.9 Å². The molecule has 162 valence electrons. The summed E-state index contributed by atoms with van der Waals surface area (Å²) in [5, 5.41) is 2.86. The zero-order valence-corrected chi connectivity index (χ0v) is 19.0. The third-order valence-electron chi connectivity index (χ3n) is 4.38. The first-order valence-electron chi connectivity index (χ1n) is 9.52. The molecule has 0 saturated carbocycles. The lowest BCUT2D eigenvalue weighted by molar-refractivity contribution is -0.118. The number of amides is 1. The fourth-order valence-corrected chi connectivity index (χ4v) is 4.37. The quantitative estimate of drug-likeness (QED) is 0.516. The van der Waals surface area contributed by atoms with Crippen LogP contribution in [0, 0.1) is 20.8 Å². The Morgan fingerprint density at radius 2 is 1.52 bits per heavy atom. The van der Waals surface area contributed by atoms with E-state index in [4.69, 9.17) is 16.3 Å². The number of anilines is 2. The van der Waals surface area contributed by atoms with Crippen LogP contribution in [0.3, 0.4) is 0 Å². The van der Waals surface area contributed by atoms with Gasteiger partial charge in [-0.2, -0.15) is 0 Å². The summed E-state index contributed by atoms with van der Waals surface area (Å²) in [6.45, 7) is 5.55. The topological polar surface area (TPSA) is 84.5 Å². The van der Waals surface area contributed by atoms with E-state index in [0.717, 1.165) is 16.7 Å². The van der Waals surface area contributed by atoms with Crippen molar-refractivity contribution in [2.45, 2.75) is 25.7 Å². The van der Waals surface area contributed by atoms with Gasteiger partial charge in [0.1, 0.15) is 5.75 Å². The van der Waals surface area contributed by atoms with Crippen LogP contribution in [-0.2, 0) is 14.8 Å². The number of carbonyl (C=O) groups is 1. The number of benzene rings is 3. The summed E-state index contributed by atoms with van der Waals surface area (Å²) in [5.74, 6) is -0.134. The molecule has 1 amide bonds. The van der Waals surface area contributed by atoms with Crippen molar-refractivity contribution in [3.05, 3.63) is 82.4 Å². The molecule has 3 aromatic carbocycles. The molecular formula is C23H23ClN2O4S. The van der Waals surface area contributed by atoms with Crippen LogP contribution < -0.4 is 14.8 Å². The van der Waals surface area contributed by atoms with E-state index in [9.17, 15) is 13.2 Å². The third kappa shape index (κ3) is 6.23. The van der Waals surface area contributed by atoms with Gasteiger partial charge in [0.15, 0.2) is 6.61 Å². The Bertz CT molecular complexity index is 1190. The van der Waals surface area contributed by atoms with Crippen LogP contribution in [0.1, 0.15) is 16.7 Å². The molecule has 3 aromatic rings. The molecule has 0 aromatic heterocycles. The Balaban J connectivity index is 1.64. The molecule has 0 radical (unpaired) electrons. The van der Waals surface area contributed by atoms with E-state index in [1.807, 2.05) is 51.1 Å². The lowest BCUT2D eigenvalue weighted by Gasteiger charge is -2.12. The number of halogens is 1. The molecule has 6 nitrogen and oxygen atoms in total. The van der Waals surface area contributed by atoms with Crippen LogP contribution in [0.2, 0.25) is 5.02 Å². The lowest BCUT2D eigenvalue weighted by atomic mass is 10.1. The van der Waals surface area contributed by atoms with Crippen molar-refractivity contribution in [3.63, 3.8) is 0 Å². The van der Waals surface area contributed by atoms with E-state index in [0.29, 0.717) is 11.4 Å². The monoisotopic (exact) mass is 458 g/mol. The van der Waals surface area contributed by atoms with Gasteiger partial charge in [-0.25, -0.2) is 8.42 Å². The van der Waals surface area contributed by atoms with Crippen molar-refractivity contribution >= 4 is 38.9 Å². The zero-order chi connectivity index (χ0) is 22.6. The van der Waals surface area contributed by atoms with Crippen LogP contribution in [0.5, 0.6) is 5.75 Å². The molecule has 0 bridgehead atoms. The highest BCUT2D eigenvalue weighted by atomic mass is 35.5. The van der Waals surface area contributed by atoms with Crippen LogP contribution in [0.15, 0.2) is 65.6 Å². The highest BCUT2D eigenvalue weighted by Crippen LogP contribution is 2.28. The van der Waals surface area contributed by atoms with Crippen molar-refractivity contribution < 1.29 is 17.9 Å². The summed E-state index contributed by atoms with van der Waals surface area (Å²) in [5.41, 5.74) is 4.23. The summed E-state index contributed by atoms with van der Waals surface area (Å²) in [7, 11) is -3.81. The van der Waals surface area contributed by atoms with Gasteiger partial charge < -0.3 is 10.1 Å². The summed E-state index contributed by atoms with van der Waals surface area (Å²) < 4.78 is 33.2. The number of hydrogen-bond donors (Lipinski definition) is 2. The van der Waals surface area contributed by atoms with Crippen molar-refractivity contribution in [3.8, 4) is 5.75 Å². The predicted octanol–water partition coefficient (Wildman–Crippen LogP) is 5.08. The van der Waals surface area contributed by atoms with Crippen molar-refractivity contribution in [2.75, 3.05) is 16.6 Å². The Morgan fingerprint density at radius 3 is 2.13 bits per heavy atom. The summed E-state index contributed by atoms with van der Waals surface area (Å²) in [6, 6.07) is 16.8. The fourth-order valence-electron chi connectivity index (χ4n) is 2.99. The second-order valence-electron chi connectivity index (χ2n) is 7.28. The Kier molecular flexibility index (Phi) is 6.87. The van der Waals surface area contributed by atoms with Gasteiger partial charge in [-0.3, -0.25) is 9.52 Å². The first-order chi connectivity index (χ1) is 14.6. The number of hydrogen-bond acceptors (Lipinski definition) is 4. The van der Waals surface area contributed by atoms with Crippen LogP contribution in [0.4, 0.5) is 11.4 Å². The smallest absolute Gasteiger partial charge is 0.262 e. The number of sulfonamides is 1. The molecule has 0 fully saturated rings. The molecular weight excluding hydrogens is 436 g/mol. The second kappa shape index (κ2) is 9.41. The molecule has 0 heterocycles. The highest BCUT2D eigenvalue weighted by molar-refractivity contribution is 7.92. The zero-order valence-electron chi connectivity index (χ0n) is 17.4. The summed E-state index contributed by atoms with van der Waals surface area (Å²) >= 11 is 6.20. The standard InChI is InChI=1S/C23H23ClN2O4S/c1-15-4-6-18(7-5-15)26-31(28,29)20-8-9-22(21(24)13-20)30-14-23(27)25-19-11-16(2)10-17(3)12-19/h4-13,26H,14H2,1-3H3,(H,25,27). The van der Waals surface area contributed by atoms with Gasteiger partial charge in [-0.1, -0.05) is 35.4 Å². The normalized spacial score (nSPS) is 11.1. The second-order valence-corrected chi connectivity index (χ2v) is 9.37. The molecule has 3 rings (SSSR count). The number of aryl methyl sites for hydroxylation is 3. The molecule has 31 heavy (non-hydrogen) atoms. The first kappa shape index (κ1) is 22.7. The fraction of sp³-hybridized carbons (Fsp3) is 0.174. The molecule has 0 atom stereocenters. The number of rotatable bonds is 7. The van der Waals surface area contributed by atoms with Gasteiger partial charge in [-0.15, -0.1) is 0 Å². The Labute approximate surface area is 187 Å². The lowest BCUT2D eigenvalue weighted by Crippen LogP contribution is -2.20. The van der Waals surface area contributed by atoms with E-state index in [1.165, 1.54) is 18.2 Å². The maximum absolute atomic E-state index is 12.6. The maximum Gasteiger partial charge on any atom is 0.262 e. The van der Waals surface area contributed by atoms with E-state index in [-0.39, 0.29) is 28.2 Å². The minimum atomic E-state index is -3.81. The number of nitrogens with one attached hydrogen (secondary N) is 2. The van der Waals surface area contributed by atoms with Gasteiger partial charge in [-0.05, 0) is 74.4 Å². The highest BCUT2D eigenvalue weighted by Gasteiger charge is 2.17. The average molecular weight is 459 g/mol. The largest absolute Gasteiger partial charge is 0.482 e. The molecule has 2 N–H and O–H groups in total. The molecule has 0 aliphatic carbocycles. The summed E-state index contributed by atoms with van der Waals surface area (Å²) in [4.78, 5) is 12.2. The van der Waals surface area contributed by atoms with E-state index in [2.05, 4.69) is 10.0 Å². The minimum absolute atomic E-state index is 0.00916. The molecule has 0 spiro atoms. The van der Waals surface area contributed by atoms with Gasteiger partial charge in [0, 0.05) is 11.4 Å². The molecule has 0 aliphatic heterocycles. The predicted molar refractivity (Wildman–Crippen MR) is 123 cm³/mol. The van der Waals surface area contributed by atoms with E-state index >= 15 is 0 Å². The number of carbonyl (C=O) groups excluding carboxylic acids is 1. The molecule has 0 aliphatic rings. The molecule has 8 heteroatoms. The molecule has 0 unspecified atom stereocenters. The third-order valence-corrected chi connectivity index (χ3v) is 6.06. The first-order valence-corrected chi connectivity index (χ1v) is 11.4. The Morgan fingerprint density at radius 1 is 0.871 bits per heavy atom. The minimum Gasteiger partial charge on any atom is -0.482 e. The van der Waals surface area contributed by atoms with Crippen molar-refractivity contribution in [1.82, 2.24) is 0 Å². The van der Waals surface area contributed by atoms with Crippen molar-refractivity contribution in [2.24, 2.45) is 0 Å².